The van der Waals surface area contributed by atoms with Gasteiger partial charge in [0.15, 0.2) is 5.60 Å². The average Bonchev–Trinajstić information content (AvgIpc) is 3.72. The number of likely N-dealkylation sites (tertiary alicyclic amines) is 1. The van der Waals surface area contributed by atoms with E-state index in [-0.39, 0.29) is 30.7 Å². The molecule has 0 spiro atoms. The van der Waals surface area contributed by atoms with Crippen molar-refractivity contribution in [1.82, 2.24) is 15.5 Å². The molecular weight excluding hydrogens is 561 g/mol. The minimum atomic E-state index is -4.17. The highest BCUT2D eigenvalue weighted by Gasteiger charge is 2.56. The van der Waals surface area contributed by atoms with Gasteiger partial charge in [0.2, 0.25) is 26.8 Å². The second-order valence-electron chi connectivity index (χ2n) is 11.9. The summed E-state index contributed by atoms with van der Waals surface area (Å²) in [7, 11) is -4.17. The molecule has 1 saturated carbocycles. The van der Waals surface area contributed by atoms with Gasteiger partial charge in [-0.15, -0.1) is 0 Å². The number of sulfone groups is 1. The van der Waals surface area contributed by atoms with Crippen molar-refractivity contribution in [3.8, 4) is 11.1 Å². The third kappa shape index (κ3) is 4.72. The zero-order chi connectivity index (χ0) is 29.8. The van der Waals surface area contributed by atoms with E-state index in [0.29, 0.717) is 30.5 Å². The highest BCUT2D eigenvalue weighted by atomic mass is 32.2. The number of nitrogens with zero attached hydrogens (tertiary/aromatic N) is 1. The molecule has 9 nitrogen and oxygen atoms in total. The molecule has 2 aromatic carbocycles. The van der Waals surface area contributed by atoms with E-state index < -0.39 is 50.4 Å². The van der Waals surface area contributed by atoms with E-state index in [9.17, 15) is 32.3 Å². The average molecular weight is 596 g/mol. The van der Waals surface area contributed by atoms with Crippen molar-refractivity contribution in [2.75, 3.05) is 19.3 Å². The van der Waals surface area contributed by atoms with Crippen LogP contribution in [0.4, 0.5) is 4.39 Å². The van der Waals surface area contributed by atoms with Crippen molar-refractivity contribution >= 4 is 27.6 Å². The Bertz CT molecular complexity index is 1540. The number of nitrogens with one attached hydrogen (secondary N) is 2. The molecule has 222 valence electrons. The van der Waals surface area contributed by atoms with Crippen LogP contribution in [0.2, 0.25) is 0 Å². The quantitative estimate of drug-likeness (QED) is 0.451. The summed E-state index contributed by atoms with van der Waals surface area (Å²) in [5.74, 6) is -2.02. The summed E-state index contributed by atoms with van der Waals surface area (Å²) >= 11 is 0. The molecule has 0 aromatic heterocycles. The number of carbonyl (C=O) groups is 3. The number of amides is 3. The van der Waals surface area contributed by atoms with Crippen molar-refractivity contribution < 1.29 is 32.3 Å². The van der Waals surface area contributed by atoms with Gasteiger partial charge in [-0.3, -0.25) is 14.4 Å². The lowest BCUT2D eigenvalue weighted by atomic mass is 9.88. The van der Waals surface area contributed by atoms with Crippen LogP contribution in [0.5, 0.6) is 0 Å². The fourth-order valence-corrected chi connectivity index (χ4v) is 7.81. The van der Waals surface area contributed by atoms with Gasteiger partial charge in [-0.2, -0.15) is 4.39 Å². The van der Waals surface area contributed by atoms with Crippen LogP contribution in [0.25, 0.3) is 11.1 Å². The van der Waals surface area contributed by atoms with Gasteiger partial charge in [0, 0.05) is 36.4 Å². The number of benzene rings is 2. The highest BCUT2D eigenvalue weighted by Crippen LogP contribution is 2.50. The van der Waals surface area contributed by atoms with E-state index in [1.54, 1.807) is 24.3 Å². The monoisotopic (exact) mass is 595 g/mol. The molecule has 5 atom stereocenters. The molecule has 11 heteroatoms. The van der Waals surface area contributed by atoms with Gasteiger partial charge in [-0.05, 0) is 54.7 Å². The minimum absolute atomic E-state index is 0.0139. The Labute approximate surface area is 244 Å². The van der Waals surface area contributed by atoms with Crippen molar-refractivity contribution in [2.45, 2.75) is 49.8 Å². The number of carbonyl (C=O) groups excluding carboxylic acids is 3. The number of aliphatic hydroxyl groups is 1. The van der Waals surface area contributed by atoms with Gasteiger partial charge in [0.05, 0.1) is 6.04 Å². The smallest absolute Gasteiger partial charge is 0.264 e. The zero-order valence-corrected chi connectivity index (χ0v) is 24.1. The third-order valence-corrected chi connectivity index (χ3v) is 10.2. The summed E-state index contributed by atoms with van der Waals surface area (Å²) in [4.78, 5) is 42.2. The van der Waals surface area contributed by atoms with E-state index in [0.717, 1.165) is 36.3 Å². The van der Waals surface area contributed by atoms with Gasteiger partial charge in [0.1, 0.15) is 6.04 Å². The first kappa shape index (κ1) is 28.5. The van der Waals surface area contributed by atoms with E-state index in [4.69, 9.17) is 0 Å². The SMILES string of the molecule is CS(=O)(=O)/C(F)=C\[C@H](C[C@@H]1CCNC1=O)NC(=O)[C@H]1[C@H]2CCC[C@H]2CN1C(=O)C1(O)c2ccccc2-c2ccccc21. The first-order valence-corrected chi connectivity index (χ1v) is 16.3. The predicted molar refractivity (Wildman–Crippen MR) is 153 cm³/mol. The molecule has 0 radical (unpaired) electrons. The standard InChI is InChI=1S/C31H34FN3O6S/c1-42(40,41)26(32)16-20(15-18-13-14-33-28(18)36)34-29(37)27-21-10-6-7-19(21)17-35(27)30(38)31(39)24-11-4-2-8-22(24)23-9-3-5-12-25(23)31/h2-5,8-9,11-12,16,18-21,27,39H,6-7,10,13-15,17H2,1H3,(H,33,36)(H,34,37)/b26-16-/t18-,19-,20-,21-,27+/m0/s1. The minimum Gasteiger partial charge on any atom is -0.372 e. The lowest BCUT2D eigenvalue weighted by Crippen LogP contribution is -2.55. The lowest BCUT2D eigenvalue weighted by molar-refractivity contribution is -0.152. The van der Waals surface area contributed by atoms with E-state index in [2.05, 4.69) is 10.6 Å². The number of hydrogen-bond donors (Lipinski definition) is 3. The summed E-state index contributed by atoms with van der Waals surface area (Å²) in [5, 5.41) is 16.3. The molecule has 0 unspecified atom stereocenters. The molecule has 2 aliphatic carbocycles. The normalized spacial score (nSPS) is 26.8. The van der Waals surface area contributed by atoms with Gasteiger partial charge >= 0.3 is 0 Å². The second-order valence-corrected chi connectivity index (χ2v) is 13.9. The van der Waals surface area contributed by atoms with Crippen LogP contribution in [0, 0.1) is 17.8 Å². The van der Waals surface area contributed by atoms with Crippen molar-refractivity contribution in [3.63, 3.8) is 0 Å². The van der Waals surface area contributed by atoms with Crippen molar-refractivity contribution in [3.05, 3.63) is 70.9 Å². The summed E-state index contributed by atoms with van der Waals surface area (Å²) in [5.41, 5.74) is 0.418. The van der Waals surface area contributed by atoms with Crippen LogP contribution in [-0.2, 0) is 29.8 Å². The van der Waals surface area contributed by atoms with Gasteiger partial charge in [-0.25, -0.2) is 8.42 Å². The maximum absolute atomic E-state index is 14.6. The molecular formula is C31H34FN3O6S. The molecule has 0 bridgehead atoms. The van der Waals surface area contributed by atoms with Crippen molar-refractivity contribution in [2.24, 2.45) is 17.8 Å². The van der Waals surface area contributed by atoms with Crippen LogP contribution < -0.4 is 10.6 Å². The third-order valence-electron chi connectivity index (χ3n) is 9.37. The Morgan fingerprint density at radius 3 is 2.36 bits per heavy atom. The Morgan fingerprint density at radius 1 is 1.12 bits per heavy atom. The van der Waals surface area contributed by atoms with E-state index in [1.165, 1.54) is 4.90 Å². The number of fused-ring (bicyclic) bond motifs is 4. The fraction of sp³-hybridized carbons (Fsp3) is 0.452. The van der Waals surface area contributed by atoms with Crippen molar-refractivity contribution in [1.29, 1.82) is 0 Å². The van der Waals surface area contributed by atoms with Crippen LogP contribution in [0.1, 0.15) is 43.2 Å². The molecule has 42 heavy (non-hydrogen) atoms. The highest BCUT2D eigenvalue weighted by molar-refractivity contribution is 7.94. The van der Waals surface area contributed by atoms with E-state index >= 15 is 0 Å². The number of halogens is 1. The Kier molecular flexibility index (Phi) is 7.21. The van der Waals surface area contributed by atoms with Gasteiger partial charge in [-0.1, -0.05) is 55.0 Å². The molecule has 2 aromatic rings. The first-order valence-electron chi connectivity index (χ1n) is 14.4. The lowest BCUT2D eigenvalue weighted by Gasteiger charge is -2.34. The Morgan fingerprint density at radius 2 is 1.76 bits per heavy atom. The first-order chi connectivity index (χ1) is 20.0. The molecule has 3 fully saturated rings. The van der Waals surface area contributed by atoms with Crippen LogP contribution >= 0.6 is 0 Å². The zero-order valence-electron chi connectivity index (χ0n) is 23.3. The van der Waals surface area contributed by atoms with Gasteiger partial charge in [0.25, 0.3) is 5.91 Å². The summed E-state index contributed by atoms with van der Waals surface area (Å²) < 4.78 is 38.4. The maximum Gasteiger partial charge on any atom is 0.264 e. The second kappa shape index (κ2) is 10.6. The van der Waals surface area contributed by atoms with E-state index in [1.807, 2.05) is 24.3 Å². The molecule has 4 aliphatic rings. The fourth-order valence-electron chi connectivity index (χ4n) is 7.40. The molecule has 2 aliphatic heterocycles. The summed E-state index contributed by atoms with van der Waals surface area (Å²) in [6.45, 7) is 0.732. The topological polar surface area (TPSA) is 133 Å². The Balaban J connectivity index is 1.34. The van der Waals surface area contributed by atoms with Gasteiger partial charge < -0.3 is 20.6 Å². The molecule has 3 N–H and O–H groups in total. The molecule has 6 rings (SSSR count). The Hall–Kier alpha value is -3.57. The number of hydrogen-bond acceptors (Lipinski definition) is 6. The largest absolute Gasteiger partial charge is 0.372 e. The number of rotatable bonds is 7. The molecule has 2 heterocycles. The maximum atomic E-state index is 14.6. The van der Waals surface area contributed by atoms with Crippen LogP contribution in [0.15, 0.2) is 59.8 Å². The van der Waals surface area contributed by atoms with Crippen LogP contribution in [-0.4, -0.2) is 67.6 Å². The summed E-state index contributed by atoms with van der Waals surface area (Å²) in [6.07, 6.45) is 4.50. The summed E-state index contributed by atoms with van der Waals surface area (Å²) in [6, 6.07) is 12.3. The van der Waals surface area contributed by atoms with Crippen LogP contribution in [0.3, 0.4) is 0 Å². The molecule has 3 amide bonds. The predicted octanol–water partition coefficient (Wildman–Crippen LogP) is 2.40. The molecule has 2 saturated heterocycles.